The minimum atomic E-state index is -0.126. The van der Waals surface area contributed by atoms with Crippen molar-refractivity contribution in [3.8, 4) is 6.07 Å². The van der Waals surface area contributed by atoms with Crippen LogP contribution in [0, 0.1) is 45.8 Å². The molecule has 0 radical (unpaired) electrons. The molecule has 6 atom stereocenters. The number of allylic oxidation sites excluding steroid dienone is 2. The van der Waals surface area contributed by atoms with Crippen molar-refractivity contribution in [3.63, 3.8) is 0 Å². The van der Waals surface area contributed by atoms with E-state index in [-0.39, 0.29) is 23.2 Å². The molecule has 0 aliphatic heterocycles. The molecule has 0 saturated heterocycles. The predicted octanol–water partition coefficient (Wildman–Crippen LogP) is 4.41. The molecule has 0 aromatic rings. The zero-order valence-corrected chi connectivity index (χ0v) is 18.5. The van der Waals surface area contributed by atoms with Crippen molar-refractivity contribution in [2.24, 2.45) is 45.4 Å². The van der Waals surface area contributed by atoms with Gasteiger partial charge < -0.3 is 10.6 Å². The van der Waals surface area contributed by atoms with Crippen LogP contribution in [0.5, 0.6) is 0 Å². The molecule has 4 unspecified atom stereocenters. The Labute approximate surface area is 180 Å². The van der Waals surface area contributed by atoms with Crippen LogP contribution in [0.2, 0.25) is 0 Å². The van der Waals surface area contributed by atoms with Crippen molar-refractivity contribution in [3.05, 3.63) is 11.6 Å². The quantitative estimate of drug-likeness (QED) is 0.416. The summed E-state index contributed by atoms with van der Waals surface area (Å²) in [7, 11) is 0. The van der Waals surface area contributed by atoms with Gasteiger partial charge in [0, 0.05) is 24.5 Å². The fourth-order valence-electron chi connectivity index (χ4n) is 7.25. The summed E-state index contributed by atoms with van der Waals surface area (Å²) >= 11 is 0. The summed E-state index contributed by atoms with van der Waals surface area (Å²) in [5, 5.41) is 13.8. The van der Waals surface area contributed by atoms with Crippen LogP contribution >= 0.6 is 12.4 Å². The molecule has 0 heterocycles. The first-order chi connectivity index (χ1) is 13.4. The largest absolute Gasteiger partial charge is 0.395 e. The first-order valence-corrected chi connectivity index (χ1v) is 10.9. The lowest BCUT2D eigenvalue weighted by molar-refractivity contribution is -0.134. The number of nitrogens with zero attached hydrogens (tertiary/aromatic N) is 2. The molecule has 0 aromatic heterocycles. The molecule has 0 aromatic carbocycles. The minimum Gasteiger partial charge on any atom is -0.395 e. The molecule has 4 rings (SSSR count). The van der Waals surface area contributed by atoms with Gasteiger partial charge in [-0.3, -0.25) is 4.79 Å². The third-order valence-corrected chi connectivity index (χ3v) is 8.75. The van der Waals surface area contributed by atoms with Gasteiger partial charge in [0.15, 0.2) is 0 Å². The van der Waals surface area contributed by atoms with Crippen LogP contribution in [0.1, 0.15) is 65.2 Å². The summed E-state index contributed by atoms with van der Waals surface area (Å²) in [6.07, 6.45) is 9.68. The summed E-state index contributed by atoms with van der Waals surface area (Å²) < 4.78 is 0. The number of fused-ring (bicyclic) bond motifs is 5. The maximum absolute atomic E-state index is 12.6. The first-order valence-electron chi connectivity index (χ1n) is 10.9. The third kappa shape index (κ3) is 3.53. The topological polar surface area (TPSA) is 88.5 Å². The van der Waals surface area contributed by atoms with Crippen molar-refractivity contribution in [2.45, 2.75) is 65.2 Å². The van der Waals surface area contributed by atoms with Crippen LogP contribution in [-0.4, -0.2) is 24.6 Å². The van der Waals surface area contributed by atoms with Gasteiger partial charge in [-0.1, -0.05) is 24.6 Å². The highest BCUT2D eigenvalue weighted by Gasteiger charge is 2.61. The maximum atomic E-state index is 12.6. The van der Waals surface area contributed by atoms with Crippen LogP contribution in [0.3, 0.4) is 0 Å². The van der Waals surface area contributed by atoms with Crippen LogP contribution in [-0.2, 0) is 9.63 Å². The highest BCUT2D eigenvalue weighted by atomic mass is 35.5. The molecule has 4 aliphatic carbocycles. The van der Waals surface area contributed by atoms with E-state index in [4.69, 9.17) is 10.6 Å². The van der Waals surface area contributed by atoms with E-state index < -0.39 is 0 Å². The Hall–Kier alpha value is -1.38. The normalized spacial score (nSPS) is 43.7. The van der Waals surface area contributed by atoms with E-state index in [1.165, 1.54) is 5.57 Å². The molecule has 5 nitrogen and oxygen atoms in total. The number of rotatable bonds is 3. The van der Waals surface area contributed by atoms with E-state index >= 15 is 0 Å². The first kappa shape index (κ1) is 22.3. The molecule has 160 valence electrons. The van der Waals surface area contributed by atoms with Gasteiger partial charge in [-0.05, 0) is 74.0 Å². The SMILES string of the molecule is C[C@]12CCC(=NOCCN)CC1/C(=C/C#N)CC1C2CC[C@]2(C)C(=O)CCC12.Cl. The predicted molar refractivity (Wildman–Crippen MR) is 116 cm³/mol. The Morgan fingerprint density at radius 1 is 1.24 bits per heavy atom. The Bertz CT molecular complexity index is 758. The molecule has 0 amide bonds. The van der Waals surface area contributed by atoms with Crippen LogP contribution in [0.25, 0.3) is 0 Å². The maximum Gasteiger partial charge on any atom is 0.139 e. The number of ketones is 1. The highest BCUT2D eigenvalue weighted by molar-refractivity contribution is 5.87. The van der Waals surface area contributed by atoms with Crippen LogP contribution in [0.15, 0.2) is 16.8 Å². The number of Topliss-reactive ketones (excluding diaryl/α,β-unsaturated/α-hetero) is 1. The van der Waals surface area contributed by atoms with Crippen LogP contribution < -0.4 is 5.73 Å². The van der Waals surface area contributed by atoms with Gasteiger partial charge >= 0.3 is 0 Å². The van der Waals surface area contributed by atoms with Crippen LogP contribution in [0.4, 0.5) is 0 Å². The standard InChI is InChI=1S/C23H33N3O2.ClH/c1-22-8-5-16(26-28-12-11-25)14-20(22)15(7-10-24)13-17-18-3-4-21(27)23(18,2)9-6-19(17)22;/h7,17-20H,3-6,8-9,11-14,25H2,1-2H3;1H/b15-7+,26-16?;/t17?,18?,19?,20?,22-,23+;/m1./s1. The number of hydrogen-bond acceptors (Lipinski definition) is 5. The van der Waals surface area contributed by atoms with Gasteiger partial charge in [-0.2, -0.15) is 5.26 Å². The second-order valence-electron chi connectivity index (χ2n) is 9.89. The van der Waals surface area contributed by atoms with Gasteiger partial charge in [0.05, 0.1) is 11.8 Å². The summed E-state index contributed by atoms with van der Waals surface area (Å²) in [6.45, 7) is 5.58. The Morgan fingerprint density at radius 3 is 2.76 bits per heavy atom. The molecule has 4 saturated carbocycles. The summed E-state index contributed by atoms with van der Waals surface area (Å²) in [5.41, 5.74) is 7.95. The number of oxime groups is 1. The monoisotopic (exact) mass is 419 g/mol. The molecule has 0 bridgehead atoms. The smallest absolute Gasteiger partial charge is 0.139 e. The van der Waals surface area contributed by atoms with Crippen molar-refractivity contribution < 1.29 is 9.63 Å². The fourth-order valence-corrected chi connectivity index (χ4v) is 7.25. The number of hydrogen-bond donors (Lipinski definition) is 1. The average Bonchev–Trinajstić information content (AvgIpc) is 2.98. The number of nitrogens with two attached hydrogens (primary N) is 1. The molecule has 2 N–H and O–H groups in total. The van der Waals surface area contributed by atoms with Gasteiger partial charge in [0.2, 0.25) is 0 Å². The summed E-state index contributed by atoms with van der Waals surface area (Å²) in [5.74, 6) is 2.51. The summed E-state index contributed by atoms with van der Waals surface area (Å²) in [4.78, 5) is 18.0. The molecular formula is C23H34ClN3O2. The number of halogens is 1. The second kappa shape index (κ2) is 8.40. The zero-order chi connectivity index (χ0) is 19.9. The Balaban J connectivity index is 0.00000240. The lowest BCUT2D eigenvalue weighted by Gasteiger charge is -2.60. The van der Waals surface area contributed by atoms with Crippen molar-refractivity contribution in [1.29, 1.82) is 5.26 Å². The van der Waals surface area contributed by atoms with E-state index in [1.54, 1.807) is 6.08 Å². The lowest BCUT2D eigenvalue weighted by atomic mass is 9.44. The average molecular weight is 420 g/mol. The van der Waals surface area contributed by atoms with Gasteiger partial charge in [-0.15, -0.1) is 12.4 Å². The molecule has 6 heteroatoms. The Kier molecular flexibility index (Phi) is 6.46. The second-order valence-corrected chi connectivity index (χ2v) is 9.89. The zero-order valence-electron chi connectivity index (χ0n) is 17.7. The van der Waals surface area contributed by atoms with E-state index in [9.17, 15) is 10.1 Å². The fraction of sp³-hybridized carbons (Fsp3) is 0.783. The summed E-state index contributed by atoms with van der Waals surface area (Å²) in [6, 6.07) is 2.31. The van der Waals surface area contributed by atoms with Crippen molar-refractivity contribution >= 4 is 23.9 Å². The van der Waals surface area contributed by atoms with Crippen molar-refractivity contribution in [2.75, 3.05) is 13.2 Å². The highest BCUT2D eigenvalue weighted by Crippen LogP contribution is 2.66. The van der Waals surface area contributed by atoms with E-state index in [2.05, 4.69) is 25.1 Å². The van der Waals surface area contributed by atoms with Gasteiger partial charge in [0.25, 0.3) is 0 Å². The molecular weight excluding hydrogens is 386 g/mol. The third-order valence-electron chi connectivity index (χ3n) is 8.75. The molecule has 4 aliphatic rings. The number of carbonyl (C=O) groups is 1. The van der Waals surface area contributed by atoms with E-state index in [1.807, 2.05) is 0 Å². The minimum absolute atomic E-state index is 0. The van der Waals surface area contributed by atoms with E-state index in [0.717, 1.165) is 57.1 Å². The number of carbonyl (C=O) groups excluding carboxylic acids is 1. The van der Waals surface area contributed by atoms with Gasteiger partial charge in [-0.25, -0.2) is 0 Å². The molecule has 4 fully saturated rings. The molecule has 0 spiro atoms. The molecule has 29 heavy (non-hydrogen) atoms. The van der Waals surface area contributed by atoms with E-state index in [0.29, 0.717) is 42.6 Å². The lowest BCUT2D eigenvalue weighted by Crippen LogP contribution is -2.54. The van der Waals surface area contributed by atoms with Gasteiger partial charge in [0.1, 0.15) is 12.4 Å². The van der Waals surface area contributed by atoms with Crippen molar-refractivity contribution in [1.82, 2.24) is 0 Å². The Morgan fingerprint density at radius 2 is 2.03 bits per heavy atom. The number of nitriles is 1.